The van der Waals surface area contributed by atoms with Crippen molar-refractivity contribution >= 4 is 5.82 Å². The molecular weight excluding hydrogens is 199 g/mol. The Bertz CT molecular complexity index is 297. The number of aromatic nitrogens is 1. The van der Waals surface area contributed by atoms with Gasteiger partial charge >= 0.3 is 0 Å². The van der Waals surface area contributed by atoms with E-state index in [2.05, 4.69) is 10.3 Å². The predicted molar refractivity (Wildman–Crippen MR) is 55.4 cm³/mol. The molecule has 5 heteroatoms. The second kappa shape index (κ2) is 6.31. The minimum atomic E-state index is -0.499. The van der Waals surface area contributed by atoms with Gasteiger partial charge in [-0.05, 0) is 12.1 Å². The van der Waals surface area contributed by atoms with E-state index in [1.165, 1.54) is 6.07 Å². The van der Waals surface area contributed by atoms with E-state index in [9.17, 15) is 4.39 Å². The van der Waals surface area contributed by atoms with Crippen LogP contribution in [0.3, 0.4) is 0 Å². The van der Waals surface area contributed by atoms with Gasteiger partial charge in [-0.15, -0.1) is 0 Å². The first-order chi connectivity index (χ1) is 7.26. The van der Waals surface area contributed by atoms with E-state index in [1.54, 1.807) is 26.4 Å². The summed E-state index contributed by atoms with van der Waals surface area (Å²) in [5, 5.41) is 2.97. The Hall–Kier alpha value is -1.20. The first-order valence-electron chi connectivity index (χ1n) is 4.64. The summed E-state index contributed by atoms with van der Waals surface area (Å²) in [7, 11) is 3.21. The fourth-order valence-electron chi connectivity index (χ4n) is 1.12. The quantitative estimate of drug-likeness (QED) is 0.725. The lowest BCUT2D eigenvalue weighted by molar-refractivity contribution is 0.0365. The summed E-state index contributed by atoms with van der Waals surface area (Å²) in [6, 6.07) is 4.60. The molecule has 1 heterocycles. The zero-order valence-corrected chi connectivity index (χ0v) is 8.87. The summed E-state index contributed by atoms with van der Waals surface area (Å²) in [4.78, 5) is 3.67. The van der Waals surface area contributed by atoms with E-state index in [0.29, 0.717) is 19.0 Å². The van der Waals surface area contributed by atoms with Crippen LogP contribution in [0, 0.1) is 5.95 Å². The van der Waals surface area contributed by atoms with Gasteiger partial charge in [0.05, 0.1) is 12.7 Å². The van der Waals surface area contributed by atoms with E-state index >= 15 is 0 Å². The molecule has 0 amide bonds. The number of hydrogen-bond acceptors (Lipinski definition) is 4. The van der Waals surface area contributed by atoms with Crippen molar-refractivity contribution < 1.29 is 13.9 Å². The average molecular weight is 214 g/mol. The third-order valence-corrected chi connectivity index (χ3v) is 1.91. The maximum absolute atomic E-state index is 12.7. The molecule has 0 spiro atoms. The number of rotatable bonds is 6. The van der Waals surface area contributed by atoms with Crippen LogP contribution >= 0.6 is 0 Å². The maximum atomic E-state index is 12.7. The maximum Gasteiger partial charge on any atom is 0.214 e. The Balaban J connectivity index is 2.41. The number of ether oxygens (including phenoxy) is 2. The van der Waals surface area contributed by atoms with Gasteiger partial charge in [0.25, 0.3) is 0 Å². The lowest BCUT2D eigenvalue weighted by atomic mass is 10.3. The van der Waals surface area contributed by atoms with Crippen LogP contribution in [-0.4, -0.2) is 38.5 Å². The van der Waals surface area contributed by atoms with E-state index in [4.69, 9.17) is 9.47 Å². The zero-order valence-electron chi connectivity index (χ0n) is 8.87. The molecule has 0 aliphatic heterocycles. The zero-order chi connectivity index (χ0) is 11.1. The van der Waals surface area contributed by atoms with Gasteiger partial charge in [0, 0.05) is 20.8 Å². The van der Waals surface area contributed by atoms with Crippen molar-refractivity contribution in [3.05, 3.63) is 24.1 Å². The minimum Gasteiger partial charge on any atom is -0.382 e. The molecule has 0 saturated heterocycles. The largest absolute Gasteiger partial charge is 0.382 e. The Kier molecular flexibility index (Phi) is 5.00. The summed E-state index contributed by atoms with van der Waals surface area (Å²) < 4.78 is 22.8. The van der Waals surface area contributed by atoms with Crippen molar-refractivity contribution in [2.24, 2.45) is 0 Å². The van der Waals surface area contributed by atoms with Gasteiger partial charge in [0.15, 0.2) is 0 Å². The first-order valence-corrected chi connectivity index (χ1v) is 4.64. The molecule has 0 aromatic carbocycles. The van der Waals surface area contributed by atoms with Gasteiger partial charge < -0.3 is 14.8 Å². The SMILES string of the molecule is COCC(CNc1cccc(F)n1)OC. The lowest BCUT2D eigenvalue weighted by Crippen LogP contribution is -2.26. The molecule has 1 N–H and O–H groups in total. The van der Waals surface area contributed by atoms with E-state index < -0.39 is 5.95 Å². The molecule has 4 nitrogen and oxygen atoms in total. The lowest BCUT2D eigenvalue weighted by Gasteiger charge is -2.15. The third kappa shape index (κ3) is 4.22. The molecule has 84 valence electrons. The molecule has 15 heavy (non-hydrogen) atoms. The topological polar surface area (TPSA) is 43.4 Å². The number of hydrogen-bond donors (Lipinski definition) is 1. The van der Waals surface area contributed by atoms with E-state index in [1.807, 2.05) is 0 Å². The molecule has 1 rings (SSSR count). The highest BCUT2D eigenvalue weighted by Gasteiger charge is 2.06. The third-order valence-electron chi connectivity index (χ3n) is 1.91. The monoisotopic (exact) mass is 214 g/mol. The van der Waals surface area contributed by atoms with Crippen LogP contribution < -0.4 is 5.32 Å². The Morgan fingerprint density at radius 3 is 2.87 bits per heavy atom. The summed E-state index contributed by atoms with van der Waals surface area (Å²) in [6.07, 6.45) is -0.0694. The number of halogens is 1. The summed E-state index contributed by atoms with van der Waals surface area (Å²) in [5.74, 6) is -0.00568. The van der Waals surface area contributed by atoms with Crippen LogP contribution in [0.4, 0.5) is 10.2 Å². The van der Waals surface area contributed by atoms with Crippen molar-refractivity contribution in [2.45, 2.75) is 6.10 Å². The van der Waals surface area contributed by atoms with Crippen molar-refractivity contribution in [1.82, 2.24) is 4.98 Å². The number of pyridine rings is 1. The predicted octanol–water partition coefficient (Wildman–Crippen LogP) is 1.29. The average Bonchev–Trinajstić information content (AvgIpc) is 2.24. The molecule has 1 atom stereocenters. The molecule has 0 saturated carbocycles. The van der Waals surface area contributed by atoms with Gasteiger partial charge in [-0.25, -0.2) is 4.98 Å². The Labute approximate surface area is 88.4 Å². The van der Waals surface area contributed by atoms with Crippen LogP contribution in [0.2, 0.25) is 0 Å². The van der Waals surface area contributed by atoms with Gasteiger partial charge in [-0.3, -0.25) is 0 Å². The van der Waals surface area contributed by atoms with E-state index in [-0.39, 0.29) is 6.10 Å². The molecule has 1 aromatic heterocycles. The van der Waals surface area contributed by atoms with Gasteiger partial charge in [-0.2, -0.15) is 4.39 Å². The highest BCUT2D eigenvalue weighted by atomic mass is 19.1. The first kappa shape index (κ1) is 11.9. The van der Waals surface area contributed by atoms with Crippen molar-refractivity contribution in [1.29, 1.82) is 0 Å². The molecule has 1 aromatic rings. The van der Waals surface area contributed by atoms with Crippen molar-refractivity contribution in [3.63, 3.8) is 0 Å². The van der Waals surface area contributed by atoms with Crippen molar-refractivity contribution in [3.8, 4) is 0 Å². The van der Waals surface area contributed by atoms with Gasteiger partial charge in [-0.1, -0.05) is 6.07 Å². The van der Waals surface area contributed by atoms with Crippen LogP contribution in [-0.2, 0) is 9.47 Å². The molecule has 1 unspecified atom stereocenters. The molecule has 0 radical (unpaired) electrons. The summed E-state index contributed by atoms with van der Waals surface area (Å²) >= 11 is 0. The molecular formula is C10H15FN2O2. The Morgan fingerprint density at radius 2 is 2.27 bits per heavy atom. The second-order valence-electron chi connectivity index (χ2n) is 3.04. The minimum absolute atomic E-state index is 0.0694. The smallest absolute Gasteiger partial charge is 0.214 e. The highest BCUT2D eigenvalue weighted by Crippen LogP contribution is 2.03. The number of nitrogens with one attached hydrogen (secondary N) is 1. The standard InChI is InChI=1S/C10H15FN2O2/c1-14-7-8(15-2)6-12-10-5-3-4-9(11)13-10/h3-5,8H,6-7H2,1-2H3,(H,12,13). The number of nitrogens with zero attached hydrogens (tertiary/aromatic N) is 1. The molecule has 0 aliphatic carbocycles. The van der Waals surface area contributed by atoms with Gasteiger partial charge in [0.1, 0.15) is 5.82 Å². The summed E-state index contributed by atoms with van der Waals surface area (Å²) in [5.41, 5.74) is 0. The molecule has 0 aliphatic rings. The van der Waals surface area contributed by atoms with Crippen molar-refractivity contribution in [2.75, 3.05) is 32.7 Å². The highest BCUT2D eigenvalue weighted by molar-refractivity contribution is 5.33. The van der Waals surface area contributed by atoms with Crippen LogP contribution in [0.15, 0.2) is 18.2 Å². The normalized spacial score (nSPS) is 12.5. The van der Waals surface area contributed by atoms with Gasteiger partial charge in [0.2, 0.25) is 5.95 Å². The Morgan fingerprint density at radius 1 is 1.47 bits per heavy atom. The van der Waals surface area contributed by atoms with E-state index in [0.717, 1.165) is 0 Å². The fourth-order valence-corrected chi connectivity index (χ4v) is 1.12. The number of methoxy groups -OCH3 is 2. The van der Waals surface area contributed by atoms with Crippen LogP contribution in [0.5, 0.6) is 0 Å². The molecule has 0 bridgehead atoms. The fraction of sp³-hybridized carbons (Fsp3) is 0.500. The number of anilines is 1. The molecule has 0 fully saturated rings. The van der Waals surface area contributed by atoms with Crippen LogP contribution in [0.1, 0.15) is 0 Å². The second-order valence-corrected chi connectivity index (χ2v) is 3.04. The summed E-state index contributed by atoms with van der Waals surface area (Å²) in [6.45, 7) is 1.01. The van der Waals surface area contributed by atoms with Crippen LogP contribution in [0.25, 0.3) is 0 Å².